The number of hydrogen-bond acceptors (Lipinski definition) is 0. The van der Waals surface area contributed by atoms with Gasteiger partial charge in [0.15, 0.2) is 29.1 Å². The first-order valence-corrected chi connectivity index (χ1v) is 9.71. The monoisotopic (exact) mass is 416 g/mol. The molecule has 0 heterocycles. The molecule has 3 aromatic carbocycles. The second-order valence-corrected chi connectivity index (χ2v) is 7.08. The van der Waals surface area contributed by atoms with Gasteiger partial charge < -0.3 is 0 Å². The fraction of sp³-hybridized carbons (Fsp3) is 0.200. The topological polar surface area (TPSA) is 0 Å². The van der Waals surface area contributed by atoms with E-state index in [1.54, 1.807) is 12.1 Å². The maximum Gasteiger partial charge on any atom is 0.194 e. The van der Waals surface area contributed by atoms with Gasteiger partial charge in [-0.15, -0.1) is 0 Å². The third-order valence-corrected chi connectivity index (χ3v) is 4.99. The molecular weight excluding hydrogens is 395 g/mol. The Morgan fingerprint density at radius 3 is 1.97 bits per heavy atom. The molecule has 156 valence electrons. The van der Waals surface area contributed by atoms with E-state index in [1.165, 1.54) is 12.1 Å². The predicted molar refractivity (Wildman–Crippen MR) is 109 cm³/mol. The first-order valence-electron chi connectivity index (χ1n) is 9.71. The highest BCUT2D eigenvalue weighted by Crippen LogP contribution is 2.28. The Balaban J connectivity index is 1.75. The predicted octanol–water partition coefficient (Wildman–Crippen LogP) is 7.34. The van der Waals surface area contributed by atoms with Crippen LogP contribution in [0.4, 0.5) is 22.0 Å². The number of rotatable bonds is 7. The average Bonchev–Trinajstić information content (AvgIpc) is 2.74. The lowest BCUT2D eigenvalue weighted by atomic mass is 9.97. The Bertz CT molecular complexity index is 1030. The molecule has 0 aliphatic heterocycles. The molecule has 0 fully saturated rings. The largest absolute Gasteiger partial charge is 0.204 e. The van der Waals surface area contributed by atoms with Gasteiger partial charge >= 0.3 is 0 Å². The van der Waals surface area contributed by atoms with Crippen LogP contribution in [0.2, 0.25) is 0 Å². The molecule has 0 spiro atoms. The Morgan fingerprint density at radius 1 is 0.667 bits per heavy atom. The van der Waals surface area contributed by atoms with E-state index < -0.39 is 29.1 Å². The van der Waals surface area contributed by atoms with Crippen LogP contribution in [0.15, 0.2) is 60.7 Å². The number of hydrogen-bond donors (Lipinski definition) is 0. The molecular formula is C25H21F5. The fourth-order valence-corrected chi connectivity index (χ4v) is 3.30. The molecule has 5 heteroatoms. The number of aryl methyl sites for hydroxylation is 3. The third kappa shape index (κ3) is 4.96. The van der Waals surface area contributed by atoms with Gasteiger partial charge in [0.1, 0.15) is 0 Å². The van der Waals surface area contributed by atoms with Crippen molar-refractivity contribution in [1.29, 1.82) is 0 Å². The van der Waals surface area contributed by atoms with E-state index in [2.05, 4.69) is 6.08 Å². The SMILES string of the molecule is C/C=C/CCc1ccc(-c2ccc(CCc3cc(F)c(F)c(F)c3)c(F)c2F)cc1. The van der Waals surface area contributed by atoms with Crippen molar-refractivity contribution in [1.82, 2.24) is 0 Å². The Morgan fingerprint density at radius 2 is 1.33 bits per heavy atom. The van der Waals surface area contributed by atoms with E-state index in [1.807, 2.05) is 25.1 Å². The fourth-order valence-electron chi connectivity index (χ4n) is 3.30. The minimum absolute atomic E-state index is 0.0252. The molecule has 30 heavy (non-hydrogen) atoms. The summed E-state index contributed by atoms with van der Waals surface area (Å²) >= 11 is 0. The van der Waals surface area contributed by atoms with E-state index in [4.69, 9.17) is 0 Å². The summed E-state index contributed by atoms with van der Waals surface area (Å²) in [5.41, 5.74) is 2.08. The van der Waals surface area contributed by atoms with Gasteiger partial charge in [-0.05, 0) is 67.0 Å². The summed E-state index contributed by atoms with van der Waals surface area (Å²) in [6.45, 7) is 1.96. The Labute approximate surface area is 172 Å². The van der Waals surface area contributed by atoms with Crippen LogP contribution in [-0.2, 0) is 19.3 Å². The molecule has 3 rings (SSSR count). The van der Waals surface area contributed by atoms with E-state index in [0.29, 0.717) is 5.56 Å². The van der Waals surface area contributed by atoms with Crippen LogP contribution in [0, 0.1) is 29.1 Å². The molecule has 0 saturated heterocycles. The summed E-state index contributed by atoms with van der Waals surface area (Å²) in [5, 5.41) is 0. The van der Waals surface area contributed by atoms with Crippen molar-refractivity contribution in [2.75, 3.05) is 0 Å². The maximum absolute atomic E-state index is 14.7. The zero-order chi connectivity index (χ0) is 21.7. The molecule has 0 aromatic heterocycles. The van der Waals surface area contributed by atoms with Gasteiger partial charge in [-0.3, -0.25) is 0 Å². The summed E-state index contributed by atoms with van der Waals surface area (Å²) in [6.07, 6.45) is 5.90. The number of halogens is 5. The first kappa shape index (κ1) is 21.8. The van der Waals surface area contributed by atoms with Crippen LogP contribution < -0.4 is 0 Å². The van der Waals surface area contributed by atoms with E-state index >= 15 is 0 Å². The molecule has 0 bridgehead atoms. The summed E-state index contributed by atoms with van der Waals surface area (Å²) < 4.78 is 68.9. The average molecular weight is 416 g/mol. The van der Waals surface area contributed by atoms with Crippen LogP contribution in [0.25, 0.3) is 11.1 Å². The highest BCUT2D eigenvalue weighted by atomic mass is 19.2. The van der Waals surface area contributed by atoms with Gasteiger partial charge in [0.25, 0.3) is 0 Å². The quantitative estimate of drug-likeness (QED) is 0.215. The molecule has 0 aliphatic rings. The molecule has 0 aliphatic carbocycles. The Hall–Kier alpha value is -2.95. The third-order valence-electron chi connectivity index (χ3n) is 4.99. The summed E-state index contributed by atoms with van der Waals surface area (Å²) in [6, 6.07) is 12.0. The lowest BCUT2D eigenvalue weighted by molar-refractivity contribution is 0.445. The first-order chi connectivity index (χ1) is 14.4. The van der Waals surface area contributed by atoms with Gasteiger partial charge in [-0.2, -0.15) is 0 Å². The minimum Gasteiger partial charge on any atom is -0.204 e. The second-order valence-electron chi connectivity index (χ2n) is 7.08. The lowest BCUT2D eigenvalue weighted by Gasteiger charge is -2.10. The van der Waals surface area contributed by atoms with E-state index in [9.17, 15) is 22.0 Å². The summed E-state index contributed by atoms with van der Waals surface area (Å²) in [7, 11) is 0. The van der Waals surface area contributed by atoms with Crippen molar-refractivity contribution in [3.8, 4) is 11.1 Å². The molecule has 0 saturated carbocycles. The summed E-state index contributed by atoms with van der Waals surface area (Å²) in [4.78, 5) is 0. The van der Waals surface area contributed by atoms with Gasteiger partial charge in [0.2, 0.25) is 0 Å². The minimum atomic E-state index is -1.55. The lowest BCUT2D eigenvalue weighted by Crippen LogP contribution is -2.01. The van der Waals surface area contributed by atoms with Crippen LogP contribution in [-0.4, -0.2) is 0 Å². The smallest absolute Gasteiger partial charge is 0.194 e. The molecule has 0 radical (unpaired) electrons. The van der Waals surface area contributed by atoms with Crippen molar-refractivity contribution in [2.45, 2.75) is 32.6 Å². The molecule has 0 atom stereocenters. The van der Waals surface area contributed by atoms with Gasteiger partial charge in [0, 0.05) is 5.56 Å². The van der Waals surface area contributed by atoms with E-state index in [-0.39, 0.29) is 29.5 Å². The summed E-state index contributed by atoms with van der Waals surface area (Å²) in [5.74, 6) is -6.12. The molecule has 0 nitrogen and oxygen atoms in total. The van der Waals surface area contributed by atoms with Gasteiger partial charge in [-0.25, -0.2) is 22.0 Å². The van der Waals surface area contributed by atoms with Crippen molar-refractivity contribution < 1.29 is 22.0 Å². The second kappa shape index (κ2) is 9.70. The maximum atomic E-state index is 14.7. The van der Waals surface area contributed by atoms with E-state index in [0.717, 1.165) is 30.5 Å². The standard InChI is InChI=1S/C25H21F5/c1-2-3-4-5-16-6-9-18(10-7-16)20-13-12-19(23(28)24(20)29)11-8-17-14-21(26)25(30)22(27)15-17/h2-3,6-7,9-10,12-15H,4-5,8,11H2,1H3/b3-2+. The molecule has 3 aromatic rings. The van der Waals surface area contributed by atoms with Crippen LogP contribution in [0.1, 0.15) is 30.0 Å². The zero-order valence-electron chi connectivity index (χ0n) is 16.5. The number of allylic oxidation sites excluding steroid dienone is 2. The number of benzene rings is 3. The highest BCUT2D eigenvalue weighted by molar-refractivity contribution is 5.65. The molecule has 0 unspecified atom stereocenters. The van der Waals surface area contributed by atoms with Crippen molar-refractivity contribution >= 4 is 0 Å². The van der Waals surface area contributed by atoms with Crippen LogP contribution in [0.5, 0.6) is 0 Å². The Kier molecular flexibility index (Phi) is 7.03. The van der Waals surface area contributed by atoms with Crippen molar-refractivity contribution in [2.24, 2.45) is 0 Å². The highest BCUT2D eigenvalue weighted by Gasteiger charge is 2.16. The molecule has 0 amide bonds. The van der Waals surface area contributed by atoms with Crippen LogP contribution >= 0.6 is 0 Å². The normalized spacial score (nSPS) is 11.4. The van der Waals surface area contributed by atoms with Crippen molar-refractivity contribution in [3.63, 3.8) is 0 Å². The van der Waals surface area contributed by atoms with Crippen LogP contribution in [0.3, 0.4) is 0 Å². The van der Waals surface area contributed by atoms with Crippen molar-refractivity contribution in [3.05, 3.63) is 106 Å². The van der Waals surface area contributed by atoms with Gasteiger partial charge in [-0.1, -0.05) is 48.6 Å². The van der Waals surface area contributed by atoms with Gasteiger partial charge in [0.05, 0.1) is 0 Å². The zero-order valence-corrected chi connectivity index (χ0v) is 16.5. The molecule has 0 N–H and O–H groups in total.